The molecule has 0 saturated heterocycles. The van der Waals surface area contributed by atoms with E-state index in [0.29, 0.717) is 11.3 Å². The van der Waals surface area contributed by atoms with Gasteiger partial charge in [-0.2, -0.15) is 0 Å². The number of hydrogen-bond acceptors (Lipinski definition) is 7. The van der Waals surface area contributed by atoms with Gasteiger partial charge in [-0.25, -0.2) is 4.79 Å². The van der Waals surface area contributed by atoms with Crippen LogP contribution in [0.1, 0.15) is 28.6 Å². The molecule has 1 aromatic heterocycles. The van der Waals surface area contributed by atoms with Crippen molar-refractivity contribution in [2.75, 3.05) is 6.61 Å². The Labute approximate surface area is 177 Å². The number of esters is 1. The highest BCUT2D eigenvalue weighted by molar-refractivity contribution is 6.06. The van der Waals surface area contributed by atoms with E-state index in [2.05, 4.69) is 10.5 Å². The van der Waals surface area contributed by atoms with Crippen LogP contribution in [0, 0.1) is 17.0 Å². The first kappa shape index (κ1) is 21.4. The number of nitro groups is 1. The monoisotopic (exact) mass is 421 g/mol. The Morgan fingerprint density at radius 3 is 2.52 bits per heavy atom. The molecule has 1 N–H and O–H groups in total. The van der Waals surface area contributed by atoms with Crippen LogP contribution in [-0.2, 0) is 9.53 Å². The van der Waals surface area contributed by atoms with Gasteiger partial charge in [-0.15, -0.1) is 0 Å². The normalized spacial score (nSPS) is 11.1. The van der Waals surface area contributed by atoms with Gasteiger partial charge in [0.15, 0.2) is 0 Å². The predicted molar refractivity (Wildman–Crippen MR) is 112 cm³/mol. The highest BCUT2D eigenvalue weighted by Gasteiger charge is 2.25. The molecule has 0 saturated carbocycles. The summed E-state index contributed by atoms with van der Waals surface area (Å²) in [5.74, 6) is -1.23. The molecule has 0 atom stereocenters. The average Bonchev–Trinajstić information content (AvgIpc) is 3.15. The number of nitro benzene ring substituents is 1. The quantitative estimate of drug-likeness (QED) is 0.265. The van der Waals surface area contributed by atoms with Crippen LogP contribution in [-0.4, -0.2) is 28.6 Å². The van der Waals surface area contributed by atoms with Crippen LogP contribution < -0.4 is 5.32 Å². The van der Waals surface area contributed by atoms with E-state index in [0.717, 1.165) is 0 Å². The summed E-state index contributed by atoms with van der Waals surface area (Å²) in [6.45, 7) is 3.24. The number of nitrogens with zero attached hydrogens (tertiary/aromatic N) is 2. The number of ether oxygens (including phenoxy) is 1. The molecular formula is C22H19N3O6. The minimum atomic E-state index is -0.829. The Bertz CT molecular complexity index is 1150. The van der Waals surface area contributed by atoms with E-state index in [1.165, 1.54) is 24.3 Å². The highest BCUT2D eigenvalue weighted by Crippen LogP contribution is 2.26. The molecule has 0 aliphatic rings. The maximum absolute atomic E-state index is 13.1. The van der Waals surface area contributed by atoms with Gasteiger partial charge >= 0.3 is 5.97 Å². The van der Waals surface area contributed by atoms with Crippen molar-refractivity contribution in [3.05, 3.63) is 87.3 Å². The average molecular weight is 421 g/mol. The van der Waals surface area contributed by atoms with Gasteiger partial charge in [0.1, 0.15) is 22.7 Å². The van der Waals surface area contributed by atoms with Gasteiger partial charge < -0.3 is 14.6 Å². The van der Waals surface area contributed by atoms with Crippen molar-refractivity contribution in [1.82, 2.24) is 10.5 Å². The van der Waals surface area contributed by atoms with Crippen molar-refractivity contribution in [2.24, 2.45) is 0 Å². The molecule has 1 amide bonds. The molecule has 1 heterocycles. The Kier molecular flexibility index (Phi) is 6.56. The fraction of sp³-hybridized carbons (Fsp3) is 0.136. The first-order chi connectivity index (χ1) is 14.9. The molecule has 0 aliphatic heterocycles. The number of aryl methyl sites for hydroxylation is 1. The minimum absolute atomic E-state index is 0.0600. The first-order valence-electron chi connectivity index (χ1n) is 9.37. The predicted octanol–water partition coefficient (Wildman–Crippen LogP) is 3.89. The molecule has 0 bridgehead atoms. The third kappa shape index (κ3) is 4.84. The van der Waals surface area contributed by atoms with Crippen LogP contribution in [0.4, 0.5) is 5.69 Å². The van der Waals surface area contributed by atoms with Gasteiger partial charge in [0.25, 0.3) is 11.6 Å². The molecule has 0 aliphatic carbocycles. The highest BCUT2D eigenvalue weighted by atomic mass is 16.6. The first-order valence-corrected chi connectivity index (χ1v) is 9.37. The van der Waals surface area contributed by atoms with Crippen molar-refractivity contribution in [3.63, 3.8) is 0 Å². The van der Waals surface area contributed by atoms with E-state index in [1.807, 2.05) is 6.07 Å². The third-order valence-electron chi connectivity index (χ3n) is 4.31. The second-order valence-electron chi connectivity index (χ2n) is 6.38. The molecule has 9 nitrogen and oxygen atoms in total. The summed E-state index contributed by atoms with van der Waals surface area (Å²) in [6, 6.07) is 14.8. The van der Waals surface area contributed by atoms with Gasteiger partial charge in [0, 0.05) is 11.6 Å². The zero-order chi connectivity index (χ0) is 22.4. The van der Waals surface area contributed by atoms with Crippen molar-refractivity contribution < 1.29 is 23.8 Å². The second kappa shape index (κ2) is 9.49. The number of amides is 1. The number of benzene rings is 2. The molecule has 3 rings (SSSR count). The zero-order valence-electron chi connectivity index (χ0n) is 16.8. The second-order valence-corrected chi connectivity index (χ2v) is 6.38. The minimum Gasteiger partial charge on any atom is -0.461 e. The maximum atomic E-state index is 13.1. The van der Waals surface area contributed by atoms with Gasteiger partial charge in [0.2, 0.25) is 0 Å². The fourth-order valence-electron chi connectivity index (χ4n) is 2.90. The Hall–Kier alpha value is -4.27. The van der Waals surface area contributed by atoms with Gasteiger partial charge in [-0.1, -0.05) is 47.6 Å². The lowest BCUT2D eigenvalue weighted by Gasteiger charge is -2.10. The van der Waals surface area contributed by atoms with Crippen LogP contribution in [0.15, 0.2) is 64.8 Å². The summed E-state index contributed by atoms with van der Waals surface area (Å²) >= 11 is 0. The van der Waals surface area contributed by atoms with Crippen molar-refractivity contribution >= 4 is 23.6 Å². The summed E-state index contributed by atoms with van der Waals surface area (Å²) in [5, 5.41) is 17.8. The maximum Gasteiger partial charge on any atom is 0.354 e. The molecular weight excluding hydrogens is 402 g/mol. The smallest absolute Gasteiger partial charge is 0.354 e. The van der Waals surface area contributed by atoms with Crippen LogP contribution >= 0.6 is 0 Å². The van der Waals surface area contributed by atoms with Crippen LogP contribution in [0.5, 0.6) is 0 Å². The summed E-state index contributed by atoms with van der Waals surface area (Å²) in [7, 11) is 0. The molecule has 0 fully saturated rings. The zero-order valence-corrected chi connectivity index (χ0v) is 16.8. The van der Waals surface area contributed by atoms with E-state index < -0.39 is 16.8 Å². The molecule has 158 valence electrons. The van der Waals surface area contributed by atoms with Crippen molar-refractivity contribution in [1.29, 1.82) is 0 Å². The van der Waals surface area contributed by atoms with E-state index in [-0.39, 0.29) is 34.9 Å². The van der Waals surface area contributed by atoms with E-state index in [4.69, 9.17) is 9.26 Å². The lowest BCUT2D eigenvalue weighted by Crippen LogP contribution is -2.29. The molecule has 0 radical (unpaired) electrons. The summed E-state index contributed by atoms with van der Waals surface area (Å²) in [4.78, 5) is 36.2. The largest absolute Gasteiger partial charge is 0.461 e. The standard InChI is InChI=1S/C22H19N3O6/c1-3-30-22(27)17(13-16-11-7-8-12-18(16)25(28)29)23-21(26)19-14(2)31-24-20(19)15-9-5-4-6-10-15/h4-13H,3H2,1-2H3,(H,23,26). The number of aromatic nitrogens is 1. The number of rotatable bonds is 7. The van der Waals surface area contributed by atoms with Gasteiger partial charge in [0.05, 0.1) is 17.1 Å². The summed E-state index contributed by atoms with van der Waals surface area (Å²) in [6.07, 6.45) is 1.21. The Morgan fingerprint density at radius 2 is 1.84 bits per heavy atom. The third-order valence-corrected chi connectivity index (χ3v) is 4.31. The SMILES string of the molecule is CCOC(=O)C(=Cc1ccccc1[N+](=O)[O-])NC(=O)c1c(-c2ccccc2)noc1C. The Balaban J connectivity index is 2.01. The van der Waals surface area contributed by atoms with Crippen LogP contribution in [0.25, 0.3) is 17.3 Å². The molecule has 31 heavy (non-hydrogen) atoms. The summed E-state index contributed by atoms with van der Waals surface area (Å²) in [5.41, 5.74) is 0.782. The molecule has 2 aromatic carbocycles. The number of carbonyl (C=O) groups is 2. The molecule has 3 aromatic rings. The number of para-hydroxylation sites is 1. The molecule has 0 unspecified atom stereocenters. The number of hydrogen-bond donors (Lipinski definition) is 1. The van der Waals surface area contributed by atoms with Crippen molar-refractivity contribution in [2.45, 2.75) is 13.8 Å². The fourth-order valence-corrected chi connectivity index (χ4v) is 2.90. The van der Waals surface area contributed by atoms with E-state index in [9.17, 15) is 19.7 Å². The summed E-state index contributed by atoms with van der Waals surface area (Å²) < 4.78 is 10.2. The van der Waals surface area contributed by atoms with E-state index >= 15 is 0 Å². The lowest BCUT2D eigenvalue weighted by molar-refractivity contribution is -0.385. The Morgan fingerprint density at radius 1 is 1.16 bits per heavy atom. The van der Waals surface area contributed by atoms with Gasteiger partial charge in [-0.3, -0.25) is 14.9 Å². The van der Waals surface area contributed by atoms with E-state index in [1.54, 1.807) is 44.2 Å². The number of carbonyl (C=O) groups excluding carboxylic acids is 2. The van der Waals surface area contributed by atoms with Crippen LogP contribution in [0.2, 0.25) is 0 Å². The molecule has 9 heteroatoms. The van der Waals surface area contributed by atoms with Gasteiger partial charge in [-0.05, 0) is 26.0 Å². The van der Waals surface area contributed by atoms with Crippen molar-refractivity contribution in [3.8, 4) is 11.3 Å². The topological polar surface area (TPSA) is 125 Å². The lowest BCUT2D eigenvalue weighted by atomic mass is 10.1. The van der Waals surface area contributed by atoms with Crippen LogP contribution in [0.3, 0.4) is 0 Å². The molecule has 0 spiro atoms. The number of nitrogens with one attached hydrogen (secondary N) is 1.